The van der Waals surface area contributed by atoms with E-state index in [1.54, 1.807) is 12.1 Å². The van der Waals surface area contributed by atoms with Crippen molar-refractivity contribution in [3.05, 3.63) is 65.6 Å². The molecule has 0 aliphatic carbocycles. The second kappa shape index (κ2) is 7.54. The minimum Gasteiger partial charge on any atom is -0.481 e. The Hall–Kier alpha value is -3.26. The van der Waals surface area contributed by atoms with Crippen LogP contribution in [0.15, 0.2) is 48.5 Å². The number of fused-ring (bicyclic) bond motifs is 1. The molecule has 0 atom stereocenters. The topological polar surface area (TPSA) is 54.1 Å². The molecular formula is C20H17FN2O2. The minimum atomic E-state index is -0.347. The molecule has 1 amide bonds. The predicted octanol–water partition coefficient (Wildman–Crippen LogP) is 3.29. The molecule has 4 nitrogen and oxygen atoms in total. The summed E-state index contributed by atoms with van der Waals surface area (Å²) in [5.41, 5.74) is 2.02. The van der Waals surface area contributed by atoms with Gasteiger partial charge in [-0.25, -0.2) is 4.39 Å². The summed E-state index contributed by atoms with van der Waals surface area (Å²) in [5, 5.41) is 3.24. The number of terminal acetylenes is 1. The summed E-state index contributed by atoms with van der Waals surface area (Å²) in [6.07, 6.45) is 5.82. The number of nitrogens with one attached hydrogen (secondary N) is 2. The zero-order valence-corrected chi connectivity index (χ0v) is 13.5. The van der Waals surface area contributed by atoms with E-state index >= 15 is 0 Å². The first kappa shape index (κ1) is 16.6. The lowest BCUT2D eigenvalue weighted by Gasteiger charge is -2.06. The van der Waals surface area contributed by atoms with Crippen molar-refractivity contribution in [3.63, 3.8) is 0 Å². The maximum atomic E-state index is 13.7. The zero-order chi connectivity index (χ0) is 17.6. The fourth-order valence-electron chi connectivity index (χ4n) is 2.53. The molecule has 3 aromatic rings. The van der Waals surface area contributed by atoms with E-state index in [2.05, 4.69) is 16.2 Å². The highest BCUT2D eigenvalue weighted by Crippen LogP contribution is 2.18. The lowest BCUT2D eigenvalue weighted by atomic mass is 10.1. The number of aromatic nitrogens is 1. The summed E-state index contributed by atoms with van der Waals surface area (Å²) >= 11 is 0. The van der Waals surface area contributed by atoms with Gasteiger partial charge in [0, 0.05) is 17.4 Å². The number of halogens is 1. The lowest BCUT2D eigenvalue weighted by molar-refractivity contribution is 0.0950. The van der Waals surface area contributed by atoms with E-state index in [1.165, 1.54) is 12.1 Å². The van der Waals surface area contributed by atoms with Crippen molar-refractivity contribution in [2.45, 2.75) is 6.42 Å². The van der Waals surface area contributed by atoms with Crippen molar-refractivity contribution in [2.75, 3.05) is 13.2 Å². The van der Waals surface area contributed by atoms with Gasteiger partial charge in [-0.1, -0.05) is 24.1 Å². The fraction of sp³-hybridized carbons (Fsp3) is 0.150. The largest absolute Gasteiger partial charge is 0.481 e. The minimum absolute atomic E-state index is 0.237. The van der Waals surface area contributed by atoms with Crippen LogP contribution in [-0.4, -0.2) is 24.0 Å². The van der Waals surface area contributed by atoms with Crippen LogP contribution in [0, 0.1) is 18.2 Å². The van der Waals surface area contributed by atoms with E-state index in [4.69, 9.17) is 11.2 Å². The Morgan fingerprint density at radius 3 is 2.76 bits per heavy atom. The van der Waals surface area contributed by atoms with Gasteiger partial charge in [0.1, 0.15) is 23.9 Å². The monoisotopic (exact) mass is 336 g/mol. The third-order valence-corrected chi connectivity index (χ3v) is 3.80. The van der Waals surface area contributed by atoms with Crippen LogP contribution >= 0.6 is 0 Å². The molecule has 0 unspecified atom stereocenters. The molecular weight excluding hydrogens is 319 g/mol. The number of ether oxygens (including phenoxy) is 1. The van der Waals surface area contributed by atoms with Gasteiger partial charge in [0.15, 0.2) is 0 Å². The first-order chi connectivity index (χ1) is 12.2. The van der Waals surface area contributed by atoms with E-state index < -0.39 is 0 Å². The second-order valence-electron chi connectivity index (χ2n) is 5.53. The maximum absolute atomic E-state index is 13.7. The molecule has 0 spiro atoms. The molecule has 5 heteroatoms. The van der Waals surface area contributed by atoms with Crippen LogP contribution < -0.4 is 10.1 Å². The van der Waals surface area contributed by atoms with Crippen molar-refractivity contribution < 1.29 is 13.9 Å². The average molecular weight is 336 g/mol. The number of rotatable bonds is 6. The third kappa shape index (κ3) is 3.99. The quantitative estimate of drug-likeness (QED) is 0.679. The molecule has 25 heavy (non-hydrogen) atoms. The molecule has 0 bridgehead atoms. The standard InChI is InChI=1S/C20H17FN2O2/c1-2-12-25-15-8-6-14(7-9-15)10-11-22-20(24)19-13-16-17(21)4-3-5-18(16)23-19/h1,3-9,13,23H,10-12H2,(H,22,24). The summed E-state index contributed by atoms with van der Waals surface area (Å²) in [6.45, 7) is 0.710. The molecule has 0 saturated heterocycles. The molecule has 0 aliphatic heterocycles. The normalized spacial score (nSPS) is 10.4. The Morgan fingerprint density at radius 1 is 1.24 bits per heavy atom. The number of aromatic amines is 1. The van der Waals surface area contributed by atoms with E-state index in [0.717, 1.165) is 5.56 Å². The fourth-order valence-corrected chi connectivity index (χ4v) is 2.53. The molecule has 2 aromatic carbocycles. The van der Waals surface area contributed by atoms with Gasteiger partial charge in [0.2, 0.25) is 0 Å². The van der Waals surface area contributed by atoms with Crippen molar-refractivity contribution >= 4 is 16.8 Å². The molecule has 3 rings (SSSR count). The van der Waals surface area contributed by atoms with Gasteiger partial charge in [-0.15, -0.1) is 6.42 Å². The Balaban J connectivity index is 1.55. The SMILES string of the molecule is C#CCOc1ccc(CCNC(=O)c2cc3c(F)cccc3[nH]2)cc1. The number of hydrogen-bond donors (Lipinski definition) is 2. The Morgan fingerprint density at radius 2 is 2.04 bits per heavy atom. The number of amides is 1. The Labute approximate surface area is 145 Å². The molecule has 1 heterocycles. The van der Waals surface area contributed by atoms with Gasteiger partial charge in [0.25, 0.3) is 5.91 Å². The van der Waals surface area contributed by atoms with Gasteiger partial charge in [-0.3, -0.25) is 4.79 Å². The summed E-state index contributed by atoms with van der Waals surface area (Å²) in [4.78, 5) is 15.1. The van der Waals surface area contributed by atoms with Gasteiger partial charge >= 0.3 is 0 Å². The van der Waals surface area contributed by atoms with E-state index in [1.807, 2.05) is 24.3 Å². The molecule has 1 aromatic heterocycles. The van der Waals surface area contributed by atoms with Crippen LogP contribution in [-0.2, 0) is 6.42 Å². The number of carbonyl (C=O) groups excluding carboxylic acids is 1. The highest BCUT2D eigenvalue weighted by atomic mass is 19.1. The van der Waals surface area contributed by atoms with Crippen LogP contribution in [0.3, 0.4) is 0 Å². The average Bonchev–Trinajstić information content (AvgIpc) is 3.07. The van der Waals surface area contributed by atoms with Gasteiger partial charge in [-0.05, 0) is 42.3 Å². The highest BCUT2D eigenvalue weighted by Gasteiger charge is 2.11. The first-order valence-electron chi connectivity index (χ1n) is 7.88. The van der Waals surface area contributed by atoms with Crippen molar-refractivity contribution in [1.29, 1.82) is 0 Å². The van der Waals surface area contributed by atoms with Crippen molar-refractivity contribution in [2.24, 2.45) is 0 Å². The predicted molar refractivity (Wildman–Crippen MR) is 95.1 cm³/mol. The summed E-state index contributed by atoms with van der Waals surface area (Å²) < 4.78 is 19.0. The lowest BCUT2D eigenvalue weighted by Crippen LogP contribution is -2.25. The Bertz CT molecular complexity index is 923. The highest BCUT2D eigenvalue weighted by molar-refractivity contribution is 5.98. The van der Waals surface area contributed by atoms with Crippen LogP contribution in [0.5, 0.6) is 5.75 Å². The molecule has 0 saturated carbocycles. The maximum Gasteiger partial charge on any atom is 0.267 e. The van der Waals surface area contributed by atoms with Gasteiger partial charge in [0.05, 0.1) is 0 Å². The number of H-pyrrole nitrogens is 1. The van der Waals surface area contributed by atoms with Crippen molar-refractivity contribution in [3.8, 4) is 18.1 Å². The first-order valence-corrected chi connectivity index (χ1v) is 7.88. The van der Waals surface area contributed by atoms with E-state index in [0.29, 0.717) is 35.3 Å². The van der Waals surface area contributed by atoms with Crippen molar-refractivity contribution in [1.82, 2.24) is 10.3 Å². The van der Waals surface area contributed by atoms with Gasteiger partial charge < -0.3 is 15.0 Å². The second-order valence-corrected chi connectivity index (χ2v) is 5.53. The van der Waals surface area contributed by atoms with Crippen LogP contribution in [0.4, 0.5) is 4.39 Å². The van der Waals surface area contributed by atoms with E-state index in [-0.39, 0.29) is 18.3 Å². The smallest absolute Gasteiger partial charge is 0.267 e. The van der Waals surface area contributed by atoms with Crippen LogP contribution in [0.2, 0.25) is 0 Å². The molecule has 2 N–H and O–H groups in total. The molecule has 0 aliphatic rings. The van der Waals surface area contributed by atoms with E-state index in [9.17, 15) is 9.18 Å². The summed E-state index contributed by atoms with van der Waals surface area (Å²) in [5.74, 6) is 2.52. The molecule has 0 fully saturated rings. The number of carbonyl (C=O) groups is 1. The van der Waals surface area contributed by atoms with Crippen LogP contribution in [0.1, 0.15) is 16.1 Å². The summed E-state index contributed by atoms with van der Waals surface area (Å²) in [7, 11) is 0. The third-order valence-electron chi connectivity index (χ3n) is 3.80. The van der Waals surface area contributed by atoms with Gasteiger partial charge in [-0.2, -0.15) is 0 Å². The molecule has 0 radical (unpaired) electrons. The molecule has 126 valence electrons. The summed E-state index contributed by atoms with van der Waals surface area (Å²) in [6, 6.07) is 13.8. The Kier molecular flexibility index (Phi) is 5.00. The number of hydrogen-bond acceptors (Lipinski definition) is 2. The number of benzene rings is 2. The van der Waals surface area contributed by atoms with Crippen LogP contribution in [0.25, 0.3) is 10.9 Å². The zero-order valence-electron chi connectivity index (χ0n) is 13.5.